The molecule has 41 heavy (non-hydrogen) atoms. The number of alkyl halides is 8. The molecule has 224 valence electrons. The lowest BCUT2D eigenvalue weighted by molar-refractivity contribution is -0.260. The van der Waals surface area contributed by atoms with Gasteiger partial charge in [0.25, 0.3) is 6.10 Å². The first-order valence-corrected chi connectivity index (χ1v) is 13.9. The number of rotatable bonds is 10. The highest BCUT2D eigenvalue weighted by atomic mass is 32.2. The van der Waals surface area contributed by atoms with Gasteiger partial charge in [0, 0.05) is 0 Å². The van der Waals surface area contributed by atoms with Gasteiger partial charge in [0.2, 0.25) is 0 Å². The van der Waals surface area contributed by atoms with E-state index in [0.29, 0.717) is 21.6 Å². The molecule has 3 atom stereocenters. The van der Waals surface area contributed by atoms with E-state index in [-0.39, 0.29) is 5.75 Å². The van der Waals surface area contributed by atoms with Crippen LogP contribution in [0.2, 0.25) is 0 Å². The summed E-state index contributed by atoms with van der Waals surface area (Å²) in [6.07, 6.45) is -15.0. The van der Waals surface area contributed by atoms with E-state index in [9.17, 15) is 48.6 Å². The average molecular weight is 634 g/mol. The van der Waals surface area contributed by atoms with Gasteiger partial charge < -0.3 is 14.6 Å². The highest BCUT2D eigenvalue weighted by Crippen LogP contribution is 2.39. The Hall–Kier alpha value is -3.08. The van der Waals surface area contributed by atoms with Gasteiger partial charge in [-0.05, 0) is 67.6 Å². The molecule has 3 aromatic rings. The van der Waals surface area contributed by atoms with Crippen LogP contribution >= 0.6 is 0 Å². The zero-order valence-corrected chi connectivity index (χ0v) is 22.3. The van der Waals surface area contributed by atoms with E-state index >= 15 is 0 Å². The summed E-state index contributed by atoms with van der Waals surface area (Å²) < 4.78 is 146. The number of hydrogen-bond acceptors (Lipinski definition) is 5. The third-order valence-electron chi connectivity index (χ3n) is 5.43. The molecule has 3 unspecified atom stereocenters. The Labute approximate surface area is 231 Å². The third-order valence-corrected chi connectivity index (χ3v) is 8.56. The minimum atomic E-state index is -6.48. The fourth-order valence-electron chi connectivity index (χ4n) is 3.19. The average Bonchev–Trinajstić information content (AvgIpc) is 2.86. The van der Waals surface area contributed by atoms with Crippen LogP contribution < -0.4 is 9.47 Å². The van der Waals surface area contributed by atoms with Crippen molar-refractivity contribution in [1.82, 2.24) is 0 Å². The van der Waals surface area contributed by atoms with Crippen LogP contribution in [0.3, 0.4) is 0 Å². The molecule has 3 aromatic carbocycles. The van der Waals surface area contributed by atoms with Crippen molar-refractivity contribution in [2.24, 2.45) is 0 Å². The summed E-state index contributed by atoms with van der Waals surface area (Å²) in [5, 5.41) is 3.85. The first-order chi connectivity index (χ1) is 18.7. The minimum absolute atomic E-state index is 0.0107. The third kappa shape index (κ3) is 7.61. The second-order valence-corrected chi connectivity index (χ2v) is 12.2. The summed E-state index contributed by atoms with van der Waals surface area (Å²) in [7, 11) is -7.45. The van der Waals surface area contributed by atoms with Gasteiger partial charge in [-0.25, -0.2) is 0 Å². The number of aliphatic hydroxyl groups is 1. The fraction of sp³-hybridized carbons (Fsp3) is 0.280. The standard InChI is InChI=1S/C25H20F8O6S2/c1-22(34,25(31,32)33)15-38-16-7-11-19(12-8-16)40(18-5-3-2-4-6-18)20-13-9-17(10-14-20)39-21(23(26,27)28)24(29,30)41(35,36)37/h2-14,21,34H,15H2,1H3/p+1. The van der Waals surface area contributed by atoms with Crippen molar-refractivity contribution < 1.29 is 62.7 Å². The van der Waals surface area contributed by atoms with Crippen LogP contribution in [0.25, 0.3) is 0 Å². The monoisotopic (exact) mass is 633 g/mol. The van der Waals surface area contributed by atoms with E-state index in [2.05, 4.69) is 4.74 Å². The molecular formula is C25H21F8O6S2+. The topological polar surface area (TPSA) is 93.1 Å². The lowest BCUT2D eigenvalue weighted by Crippen LogP contribution is -2.53. The second kappa shape index (κ2) is 11.7. The smallest absolute Gasteiger partial charge is 0.432 e. The van der Waals surface area contributed by atoms with Gasteiger partial charge in [0.1, 0.15) is 18.1 Å². The van der Waals surface area contributed by atoms with Crippen LogP contribution in [0, 0.1) is 0 Å². The SMILES string of the molecule is CC(O)(COc1ccc([S+](c2ccccc2)c2ccc(OC(C(F)(F)F)C(F)(F)S(=O)(=O)O)cc2)cc1)C(F)(F)F. The van der Waals surface area contributed by atoms with Crippen molar-refractivity contribution in [2.45, 2.75) is 50.9 Å². The maximum atomic E-state index is 13.9. The van der Waals surface area contributed by atoms with Gasteiger partial charge >= 0.3 is 27.7 Å². The number of ether oxygens (including phenoxy) is 2. The molecule has 0 radical (unpaired) electrons. The predicted octanol–water partition coefficient (Wildman–Crippen LogP) is 6.26. The van der Waals surface area contributed by atoms with Gasteiger partial charge in [-0.15, -0.1) is 0 Å². The summed E-state index contributed by atoms with van der Waals surface area (Å²) in [5.74, 6) is -0.756. The van der Waals surface area contributed by atoms with Crippen molar-refractivity contribution in [2.75, 3.05) is 6.61 Å². The van der Waals surface area contributed by atoms with Crippen LogP contribution in [0.5, 0.6) is 11.5 Å². The molecule has 0 saturated carbocycles. The normalized spacial score (nSPS) is 16.0. The molecule has 16 heteroatoms. The minimum Gasteiger partial charge on any atom is -0.490 e. The molecule has 3 rings (SSSR count). The molecule has 6 nitrogen and oxygen atoms in total. The lowest BCUT2D eigenvalue weighted by Gasteiger charge is -2.26. The zero-order chi connectivity index (χ0) is 30.9. The molecule has 0 aromatic heterocycles. The Morgan fingerprint density at radius 1 is 0.756 bits per heavy atom. The highest BCUT2D eigenvalue weighted by Gasteiger charge is 2.65. The molecule has 0 aliphatic carbocycles. The first kappa shape index (κ1) is 32.4. The number of benzene rings is 3. The van der Waals surface area contributed by atoms with E-state index in [1.165, 1.54) is 36.4 Å². The van der Waals surface area contributed by atoms with E-state index in [1.54, 1.807) is 30.3 Å². The predicted molar refractivity (Wildman–Crippen MR) is 131 cm³/mol. The Balaban J connectivity index is 1.91. The van der Waals surface area contributed by atoms with Crippen molar-refractivity contribution >= 4 is 21.0 Å². The molecule has 0 aliphatic rings. The van der Waals surface area contributed by atoms with Crippen molar-refractivity contribution in [3.8, 4) is 11.5 Å². The summed E-state index contributed by atoms with van der Waals surface area (Å²) in [6.45, 7) is -0.514. The summed E-state index contributed by atoms with van der Waals surface area (Å²) in [5.41, 5.74) is -3.10. The Morgan fingerprint density at radius 2 is 1.20 bits per heavy atom. The second-order valence-electron chi connectivity index (χ2n) is 8.70. The first-order valence-electron chi connectivity index (χ1n) is 11.2. The molecule has 0 bridgehead atoms. The molecular weight excluding hydrogens is 612 g/mol. The Bertz CT molecular complexity index is 1410. The molecule has 0 saturated heterocycles. The van der Waals surface area contributed by atoms with Crippen molar-refractivity contribution in [3.05, 3.63) is 78.9 Å². The van der Waals surface area contributed by atoms with Crippen LogP contribution in [0.4, 0.5) is 35.1 Å². The maximum absolute atomic E-state index is 13.9. The molecule has 0 fully saturated rings. The van der Waals surface area contributed by atoms with Crippen LogP contribution in [0.1, 0.15) is 6.92 Å². The highest BCUT2D eigenvalue weighted by molar-refractivity contribution is 7.97. The van der Waals surface area contributed by atoms with E-state index in [1.807, 2.05) is 0 Å². The van der Waals surface area contributed by atoms with E-state index < -0.39 is 62.7 Å². The van der Waals surface area contributed by atoms with Gasteiger partial charge in [0.15, 0.2) is 20.3 Å². The quantitative estimate of drug-likeness (QED) is 0.156. The van der Waals surface area contributed by atoms with Gasteiger partial charge in [-0.2, -0.15) is 43.5 Å². The van der Waals surface area contributed by atoms with Gasteiger partial charge in [-0.3, -0.25) is 4.55 Å². The largest absolute Gasteiger partial charge is 0.490 e. The van der Waals surface area contributed by atoms with Gasteiger partial charge in [-0.1, -0.05) is 18.2 Å². The molecule has 0 aliphatic heterocycles. The maximum Gasteiger partial charge on any atom is 0.432 e. The number of hydrogen-bond donors (Lipinski definition) is 2. The Kier molecular flexibility index (Phi) is 9.22. The summed E-state index contributed by atoms with van der Waals surface area (Å²) in [6, 6.07) is 18.7. The molecule has 0 heterocycles. The summed E-state index contributed by atoms with van der Waals surface area (Å²) in [4.78, 5) is 1.72. The summed E-state index contributed by atoms with van der Waals surface area (Å²) >= 11 is 0. The molecule has 0 amide bonds. The lowest BCUT2D eigenvalue weighted by atomic mass is 10.1. The fourth-order valence-corrected chi connectivity index (χ4v) is 5.71. The number of halogens is 8. The van der Waals surface area contributed by atoms with Gasteiger partial charge in [0.05, 0.1) is 10.9 Å². The van der Waals surface area contributed by atoms with E-state index in [0.717, 1.165) is 12.1 Å². The van der Waals surface area contributed by atoms with Crippen LogP contribution in [-0.4, -0.2) is 54.0 Å². The molecule has 2 N–H and O–H groups in total. The van der Waals surface area contributed by atoms with Crippen LogP contribution in [-0.2, 0) is 21.0 Å². The Morgan fingerprint density at radius 3 is 1.61 bits per heavy atom. The molecule has 0 spiro atoms. The van der Waals surface area contributed by atoms with Crippen molar-refractivity contribution in [3.63, 3.8) is 0 Å². The zero-order valence-electron chi connectivity index (χ0n) is 20.7. The van der Waals surface area contributed by atoms with E-state index in [4.69, 9.17) is 9.29 Å². The van der Waals surface area contributed by atoms with Crippen LogP contribution in [0.15, 0.2) is 93.5 Å². The van der Waals surface area contributed by atoms with Crippen molar-refractivity contribution in [1.29, 1.82) is 0 Å².